The molecule has 0 aromatic heterocycles. The Kier molecular flexibility index (Phi) is 6.58. The van der Waals surface area contributed by atoms with Crippen LogP contribution in [-0.4, -0.2) is 54.2 Å². The third-order valence-electron chi connectivity index (χ3n) is 4.13. The summed E-state index contributed by atoms with van der Waals surface area (Å²) in [5, 5.41) is 0. The monoisotopic (exact) mass is 366 g/mol. The zero-order chi connectivity index (χ0) is 15.9. The van der Waals surface area contributed by atoms with Crippen LogP contribution in [0.4, 0.5) is 0 Å². The molecule has 0 aliphatic carbocycles. The molecule has 1 amide bonds. The minimum Gasteiger partial charge on any atom is -0.340 e. The Morgan fingerprint density at radius 1 is 1.05 bits per heavy atom. The molecule has 1 aromatic rings. The molecule has 0 radical (unpaired) electrons. The van der Waals surface area contributed by atoms with Crippen molar-refractivity contribution in [3.05, 3.63) is 34.3 Å². The van der Waals surface area contributed by atoms with Gasteiger partial charge in [-0.25, -0.2) is 0 Å². The zero-order valence-electron chi connectivity index (χ0n) is 13.1. The maximum absolute atomic E-state index is 12.1. The van der Waals surface area contributed by atoms with E-state index in [1.807, 2.05) is 29.2 Å². The van der Waals surface area contributed by atoms with Gasteiger partial charge in [0.25, 0.3) is 0 Å². The molecule has 1 saturated heterocycles. The van der Waals surface area contributed by atoms with Crippen LogP contribution in [-0.2, 0) is 4.79 Å². The molecule has 1 aromatic carbocycles. The Labute approximate surface area is 140 Å². The van der Waals surface area contributed by atoms with Crippen molar-refractivity contribution < 1.29 is 9.59 Å². The number of Topliss-reactive ketones (excluding diaryl/α,β-unsaturated/α-hetero) is 1. The second-order valence-corrected chi connectivity index (χ2v) is 6.51. The first-order valence-corrected chi connectivity index (χ1v) is 8.68. The first-order chi connectivity index (χ1) is 10.6. The maximum Gasteiger partial charge on any atom is 0.222 e. The molecule has 1 aliphatic heterocycles. The number of likely N-dealkylation sites (N-methyl/N-ethyl adjacent to an activating group) is 1. The van der Waals surface area contributed by atoms with Crippen molar-refractivity contribution >= 4 is 27.6 Å². The maximum atomic E-state index is 12.1. The fourth-order valence-corrected chi connectivity index (χ4v) is 2.92. The molecule has 1 fully saturated rings. The van der Waals surface area contributed by atoms with Gasteiger partial charge < -0.3 is 9.80 Å². The fourth-order valence-electron chi connectivity index (χ4n) is 2.65. The van der Waals surface area contributed by atoms with E-state index in [-0.39, 0.29) is 11.7 Å². The Morgan fingerprint density at radius 3 is 2.27 bits per heavy atom. The van der Waals surface area contributed by atoms with E-state index in [2.05, 4.69) is 27.8 Å². The quantitative estimate of drug-likeness (QED) is 0.726. The van der Waals surface area contributed by atoms with Crippen molar-refractivity contribution in [1.82, 2.24) is 9.80 Å². The second-order valence-electron chi connectivity index (χ2n) is 5.60. The van der Waals surface area contributed by atoms with Gasteiger partial charge in [0.2, 0.25) is 5.91 Å². The number of rotatable bonds is 6. The Bertz CT molecular complexity index is 508. The lowest BCUT2D eigenvalue weighted by Crippen LogP contribution is -2.48. The molecule has 0 saturated carbocycles. The summed E-state index contributed by atoms with van der Waals surface area (Å²) in [4.78, 5) is 28.5. The largest absolute Gasteiger partial charge is 0.340 e. The van der Waals surface area contributed by atoms with Gasteiger partial charge in [-0.1, -0.05) is 35.0 Å². The molecule has 0 atom stereocenters. The van der Waals surface area contributed by atoms with Crippen molar-refractivity contribution in [3.8, 4) is 0 Å². The first kappa shape index (κ1) is 17.2. The number of amides is 1. The number of carbonyl (C=O) groups is 2. The van der Waals surface area contributed by atoms with E-state index in [1.54, 1.807) is 0 Å². The van der Waals surface area contributed by atoms with Gasteiger partial charge in [-0.2, -0.15) is 0 Å². The van der Waals surface area contributed by atoms with E-state index < -0.39 is 0 Å². The van der Waals surface area contributed by atoms with Crippen LogP contribution in [0.2, 0.25) is 0 Å². The fraction of sp³-hybridized carbons (Fsp3) is 0.529. The number of ketones is 1. The average Bonchev–Trinajstić information content (AvgIpc) is 2.55. The number of halogens is 1. The molecular weight excluding hydrogens is 344 g/mol. The van der Waals surface area contributed by atoms with E-state index in [1.165, 1.54) is 0 Å². The molecule has 22 heavy (non-hydrogen) atoms. The van der Waals surface area contributed by atoms with Gasteiger partial charge in [0, 0.05) is 49.1 Å². The minimum atomic E-state index is 0.108. The molecular formula is C17H23BrN2O2. The number of piperazine rings is 1. The van der Waals surface area contributed by atoms with Crippen LogP contribution >= 0.6 is 15.9 Å². The van der Waals surface area contributed by atoms with Gasteiger partial charge in [-0.05, 0) is 25.1 Å². The average molecular weight is 367 g/mol. The lowest BCUT2D eigenvalue weighted by Gasteiger charge is -2.34. The summed E-state index contributed by atoms with van der Waals surface area (Å²) in [6, 6.07) is 7.37. The molecule has 0 bridgehead atoms. The molecule has 5 heteroatoms. The van der Waals surface area contributed by atoms with E-state index >= 15 is 0 Å². The van der Waals surface area contributed by atoms with Crippen molar-refractivity contribution in [2.24, 2.45) is 0 Å². The van der Waals surface area contributed by atoms with Gasteiger partial charge >= 0.3 is 0 Å². The summed E-state index contributed by atoms with van der Waals surface area (Å²) in [6.07, 6.45) is 1.53. The second kappa shape index (κ2) is 8.44. The van der Waals surface area contributed by atoms with Crippen molar-refractivity contribution in [2.75, 3.05) is 32.7 Å². The Morgan fingerprint density at radius 2 is 1.68 bits per heavy atom. The third kappa shape index (κ3) is 4.92. The predicted octanol–water partition coefficient (Wildman–Crippen LogP) is 2.97. The van der Waals surface area contributed by atoms with Crippen molar-refractivity contribution in [3.63, 3.8) is 0 Å². The predicted molar refractivity (Wildman–Crippen MR) is 91.0 cm³/mol. The van der Waals surface area contributed by atoms with Gasteiger partial charge in [-0.3, -0.25) is 9.59 Å². The van der Waals surface area contributed by atoms with Crippen LogP contribution in [0, 0.1) is 0 Å². The summed E-state index contributed by atoms with van der Waals surface area (Å²) < 4.78 is 0.963. The van der Waals surface area contributed by atoms with E-state index in [9.17, 15) is 9.59 Å². The lowest BCUT2D eigenvalue weighted by molar-refractivity contribution is -0.133. The first-order valence-electron chi connectivity index (χ1n) is 7.89. The molecule has 120 valence electrons. The van der Waals surface area contributed by atoms with Crippen LogP contribution in [0.5, 0.6) is 0 Å². The summed E-state index contributed by atoms with van der Waals surface area (Å²) in [5.74, 6) is 0.287. The highest BCUT2D eigenvalue weighted by molar-refractivity contribution is 9.10. The topological polar surface area (TPSA) is 40.6 Å². The molecule has 4 nitrogen and oxygen atoms in total. The SMILES string of the molecule is CCN1CCN(C(=O)CCCC(=O)c2ccc(Br)cc2)CC1. The van der Waals surface area contributed by atoms with Crippen molar-refractivity contribution in [2.45, 2.75) is 26.2 Å². The zero-order valence-corrected chi connectivity index (χ0v) is 14.6. The van der Waals surface area contributed by atoms with Crippen LogP contribution < -0.4 is 0 Å². The third-order valence-corrected chi connectivity index (χ3v) is 4.66. The summed E-state index contributed by atoms with van der Waals surface area (Å²) in [7, 11) is 0. The van der Waals surface area contributed by atoms with Crippen LogP contribution in [0.1, 0.15) is 36.5 Å². The molecule has 0 spiro atoms. The van der Waals surface area contributed by atoms with Gasteiger partial charge in [0.15, 0.2) is 5.78 Å². The number of benzene rings is 1. The van der Waals surface area contributed by atoms with Gasteiger partial charge in [0.1, 0.15) is 0 Å². The molecule has 2 rings (SSSR count). The van der Waals surface area contributed by atoms with E-state index in [0.29, 0.717) is 24.8 Å². The molecule has 1 aliphatic rings. The highest BCUT2D eigenvalue weighted by Crippen LogP contribution is 2.14. The summed E-state index contributed by atoms with van der Waals surface area (Å²) >= 11 is 3.35. The highest BCUT2D eigenvalue weighted by Gasteiger charge is 2.19. The Hall–Kier alpha value is -1.20. The van der Waals surface area contributed by atoms with Gasteiger partial charge in [0.05, 0.1) is 0 Å². The molecule has 0 unspecified atom stereocenters. The van der Waals surface area contributed by atoms with Crippen LogP contribution in [0.15, 0.2) is 28.7 Å². The summed E-state index contributed by atoms with van der Waals surface area (Å²) in [6.45, 7) is 6.73. The number of hydrogen-bond acceptors (Lipinski definition) is 3. The number of nitrogens with zero attached hydrogens (tertiary/aromatic N) is 2. The van der Waals surface area contributed by atoms with Crippen LogP contribution in [0.25, 0.3) is 0 Å². The normalized spacial score (nSPS) is 15.8. The van der Waals surface area contributed by atoms with Gasteiger partial charge in [-0.15, -0.1) is 0 Å². The highest BCUT2D eigenvalue weighted by atomic mass is 79.9. The smallest absolute Gasteiger partial charge is 0.222 e. The van der Waals surface area contributed by atoms with Crippen molar-refractivity contribution in [1.29, 1.82) is 0 Å². The summed E-state index contributed by atoms with van der Waals surface area (Å²) in [5.41, 5.74) is 0.715. The van der Waals surface area contributed by atoms with E-state index in [4.69, 9.17) is 0 Å². The number of hydrogen-bond donors (Lipinski definition) is 0. The Balaban J connectivity index is 1.71. The lowest BCUT2D eigenvalue weighted by atomic mass is 10.1. The molecule has 1 heterocycles. The standard InChI is InChI=1S/C17H23BrN2O2/c1-2-19-10-12-20(13-11-19)17(22)5-3-4-16(21)14-6-8-15(18)9-7-14/h6-9H,2-5,10-13H2,1H3. The molecule has 0 N–H and O–H groups in total. The van der Waals surface area contributed by atoms with E-state index in [0.717, 1.165) is 37.2 Å². The minimum absolute atomic E-state index is 0.108. The number of carbonyl (C=O) groups excluding carboxylic acids is 2. The van der Waals surface area contributed by atoms with Crippen LogP contribution in [0.3, 0.4) is 0 Å².